The van der Waals surface area contributed by atoms with Gasteiger partial charge in [0.05, 0.1) is 13.0 Å². The van der Waals surface area contributed by atoms with E-state index in [0.29, 0.717) is 24.3 Å². The molecule has 0 radical (unpaired) electrons. The lowest BCUT2D eigenvalue weighted by atomic mass is 9.93. The molecule has 2 rings (SSSR count). The number of carbonyl (C=O) groups is 4. The van der Waals surface area contributed by atoms with Crippen LogP contribution in [0, 0.1) is 0 Å². The summed E-state index contributed by atoms with van der Waals surface area (Å²) in [5.74, 6) is -0.789. The van der Waals surface area contributed by atoms with Crippen molar-refractivity contribution in [3.63, 3.8) is 0 Å². The van der Waals surface area contributed by atoms with Gasteiger partial charge in [0.25, 0.3) is 5.91 Å². The third-order valence-corrected chi connectivity index (χ3v) is 4.51. The second-order valence-corrected chi connectivity index (χ2v) is 6.25. The van der Waals surface area contributed by atoms with Crippen LogP contribution in [0.25, 0.3) is 0 Å². The maximum Gasteiger partial charge on any atom is 0.325 e. The summed E-state index contributed by atoms with van der Waals surface area (Å²) in [6.45, 7) is 3.45. The molecule has 0 saturated carbocycles. The van der Waals surface area contributed by atoms with Gasteiger partial charge in [-0.05, 0) is 37.1 Å². The average Bonchev–Trinajstić information content (AvgIpc) is 2.87. The van der Waals surface area contributed by atoms with Gasteiger partial charge in [-0.2, -0.15) is 0 Å². The van der Waals surface area contributed by atoms with E-state index in [2.05, 4.69) is 10.6 Å². The fourth-order valence-electron chi connectivity index (χ4n) is 2.80. The lowest BCUT2D eigenvalue weighted by molar-refractivity contribution is -0.134. The Labute approximate surface area is 157 Å². The molecule has 1 aliphatic rings. The standard InChI is InChI=1S/C18H24N4O5/c1-3-18(4-2)16(25)22(17(26)21-18)11-15(24)20-12-5-7-13(8-6-12)27-10-9-14(19)23/h5-8H,3-4,9-11H2,1-2H3,(H2,19,23)(H,20,24)(H,21,26). The van der Waals surface area contributed by atoms with Crippen molar-refractivity contribution in [1.82, 2.24) is 10.2 Å². The number of nitrogens with two attached hydrogens (primary N) is 1. The Hall–Kier alpha value is -3.10. The van der Waals surface area contributed by atoms with Crippen molar-refractivity contribution in [3.8, 4) is 5.75 Å². The highest BCUT2D eigenvalue weighted by atomic mass is 16.5. The molecule has 0 bridgehead atoms. The lowest BCUT2D eigenvalue weighted by Gasteiger charge is -2.23. The molecule has 27 heavy (non-hydrogen) atoms. The van der Waals surface area contributed by atoms with Crippen LogP contribution in [-0.2, 0) is 14.4 Å². The van der Waals surface area contributed by atoms with E-state index in [1.807, 2.05) is 13.8 Å². The number of primary amides is 1. The Bertz CT molecular complexity index is 728. The van der Waals surface area contributed by atoms with Gasteiger partial charge >= 0.3 is 6.03 Å². The smallest absolute Gasteiger partial charge is 0.325 e. The molecule has 1 heterocycles. The topological polar surface area (TPSA) is 131 Å². The molecule has 1 saturated heterocycles. The van der Waals surface area contributed by atoms with Crippen LogP contribution >= 0.6 is 0 Å². The molecule has 1 fully saturated rings. The second kappa shape index (κ2) is 8.52. The number of rotatable bonds is 9. The number of imide groups is 1. The van der Waals surface area contributed by atoms with Crippen LogP contribution in [-0.4, -0.2) is 47.3 Å². The highest BCUT2D eigenvalue weighted by Gasteiger charge is 2.49. The quantitative estimate of drug-likeness (QED) is 0.553. The molecular weight excluding hydrogens is 352 g/mol. The van der Waals surface area contributed by atoms with Crippen molar-refractivity contribution < 1.29 is 23.9 Å². The number of anilines is 1. The van der Waals surface area contributed by atoms with E-state index in [1.54, 1.807) is 24.3 Å². The Balaban J connectivity index is 1.91. The number of nitrogens with zero attached hydrogens (tertiary/aromatic N) is 1. The highest BCUT2D eigenvalue weighted by molar-refractivity contribution is 6.10. The van der Waals surface area contributed by atoms with Crippen LogP contribution in [0.4, 0.5) is 10.5 Å². The van der Waals surface area contributed by atoms with Gasteiger partial charge in [0, 0.05) is 5.69 Å². The van der Waals surface area contributed by atoms with Crippen LogP contribution < -0.4 is 21.1 Å². The number of nitrogens with one attached hydrogen (secondary N) is 2. The Morgan fingerprint density at radius 3 is 2.33 bits per heavy atom. The minimum absolute atomic E-state index is 0.113. The molecule has 5 amide bonds. The average molecular weight is 376 g/mol. The summed E-state index contributed by atoms with van der Waals surface area (Å²) in [5, 5.41) is 5.31. The summed E-state index contributed by atoms with van der Waals surface area (Å²) >= 11 is 0. The van der Waals surface area contributed by atoms with Crippen molar-refractivity contribution in [1.29, 1.82) is 0 Å². The lowest BCUT2D eigenvalue weighted by Crippen LogP contribution is -2.46. The summed E-state index contributed by atoms with van der Waals surface area (Å²) < 4.78 is 5.34. The Morgan fingerprint density at radius 1 is 1.19 bits per heavy atom. The summed E-state index contributed by atoms with van der Waals surface area (Å²) in [6.07, 6.45) is 1.04. The third kappa shape index (κ3) is 4.75. The van der Waals surface area contributed by atoms with Crippen LogP contribution in [0.5, 0.6) is 5.75 Å². The number of carbonyl (C=O) groups excluding carboxylic acids is 4. The zero-order valence-corrected chi connectivity index (χ0v) is 15.4. The molecule has 4 N–H and O–H groups in total. The first-order valence-electron chi connectivity index (χ1n) is 8.76. The van der Waals surface area contributed by atoms with Gasteiger partial charge in [-0.3, -0.25) is 19.3 Å². The van der Waals surface area contributed by atoms with Crippen LogP contribution in [0.3, 0.4) is 0 Å². The first-order chi connectivity index (χ1) is 12.8. The fourth-order valence-corrected chi connectivity index (χ4v) is 2.80. The summed E-state index contributed by atoms with van der Waals surface area (Å²) in [7, 11) is 0. The van der Waals surface area contributed by atoms with E-state index in [9.17, 15) is 19.2 Å². The molecule has 0 aromatic heterocycles. The molecule has 9 heteroatoms. The summed E-state index contributed by atoms with van der Waals surface area (Å²) in [5.41, 5.74) is 4.60. The fraction of sp³-hybridized carbons (Fsp3) is 0.444. The second-order valence-electron chi connectivity index (χ2n) is 6.25. The van der Waals surface area contributed by atoms with Crippen LogP contribution in [0.1, 0.15) is 33.1 Å². The van der Waals surface area contributed by atoms with Gasteiger partial charge in [0.1, 0.15) is 17.8 Å². The molecule has 0 unspecified atom stereocenters. The van der Waals surface area contributed by atoms with E-state index in [0.717, 1.165) is 4.90 Å². The molecule has 0 aliphatic carbocycles. The van der Waals surface area contributed by atoms with Crippen molar-refractivity contribution in [3.05, 3.63) is 24.3 Å². The molecular formula is C18H24N4O5. The molecule has 1 aromatic rings. The first-order valence-corrected chi connectivity index (χ1v) is 8.76. The zero-order chi connectivity index (χ0) is 20.0. The maximum absolute atomic E-state index is 12.5. The molecule has 1 aromatic carbocycles. The molecule has 146 valence electrons. The van der Waals surface area contributed by atoms with Gasteiger partial charge < -0.3 is 21.1 Å². The van der Waals surface area contributed by atoms with E-state index in [4.69, 9.17) is 10.5 Å². The Kier molecular flexibility index (Phi) is 6.38. The van der Waals surface area contributed by atoms with E-state index < -0.39 is 23.4 Å². The normalized spacial score (nSPS) is 15.4. The number of benzene rings is 1. The molecule has 0 atom stereocenters. The predicted octanol–water partition coefficient (Wildman–Crippen LogP) is 0.990. The number of ether oxygens (including phenoxy) is 1. The Morgan fingerprint density at radius 2 is 1.81 bits per heavy atom. The molecule has 0 spiro atoms. The highest BCUT2D eigenvalue weighted by Crippen LogP contribution is 2.24. The van der Waals surface area contributed by atoms with E-state index >= 15 is 0 Å². The SMILES string of the molecule is CCC1(CC)NC(=O)N(CC(=O)Nc2ccc(OCCC(N)=O)cc2)C1=O. The monoisotopic (exact) mass is 376 g/mol. The number of amides is 5. The van der Waals surface area contributed by atoms with Crippen molar-refractivity contribution in [2.45, 2.75) is 38.6 Å². The largest absolute Gasteiger partial charge is 0.493 e. The minimum Gasteiger partial charge on any atom is -0.493 e. The number of hydrogen-bond acceptors (Lipinski definition) is 5. The van der Waals surface area contributed by atoms with E-state index in [1.165, 1.54) is 0 Å². The van der Waals surface area contributed by atoms with Gasteiger partial charge in [-0.15, -0.1) is 0 Å². The maximum atomic E-state index is 12.5. The van der Waals surface area contributed by atoms with Crippen LogP contribution in [0.2, 0.25) is 0 Å². The van der Waals surface area contributed by atoms with Crippen molar-refractivity contribution >= 4 is 29.4 Å². The molecule has 9 nitrogen and oxygen atoms in total. The third-order valence-electron chi connectivity index (χ3n) is 4.51. The van der Waals surface area contributed by atoms with Gasteiger partial charge in [-0.25, -0.2) is 4.79 Å². The van der Waals surface area contributed by atoms with E-state index in [-0.39, 0.29) is 25.5 Å². The zero-order valence-electron chi connectivity index (χ0n) is 15.4. The predicted molar refractivity (Wildman–Crippen MR) is 97.9 cm³/mol. The van der Waals surface area contributed by atoms with Crippen molar-refractivity contribution in [2.75, 3.05) is 18.5 Å². The number of urea groups is 1. The first kappa shape index (κ1) is 20.2. The molecule has 1 aliphatic heterocycles. The summed E-state index contributed by atoms with van der Waals surface area (Å²) in [4.78, 5) is 48.4. The number of hydrogen-bond donors (Lipinski definition) is 3. The van der Waals surface area contributed by atoms with Crippen LogP contribution in [0.15, 0.2) is 24.3 Å². The van der Waals surface area contributed by atoms with Crippen molar-refractivity contribution in [2.24, 2.45) is 5.73 Å². The van der Waals surface area contributed by atoms with Gasteiger partial charge in [0.15, 0.2) is 0 Å². The minimum atomic E-state index is -0.929. The summed E-state index contributed by atoms with van der Waals surface area (Å²) in [6, 6.07) is 5.93. The van der Waals surface area contributed by atoms with Gasteiger partial charge in [-0.1, -0.05) is 13.8 Å². The van der Waals surface area contributed by atoms with Gasteiger partial charge in [0.2, 0.25) is 11.8 Å².